The van der Waals surface area contributed by atoms with Gasteiger partial charge in [-0.05, 0) is 30.7 Å². The third-order valence-electron chi connectivity index (χ3n) is 3.97. The van der Waals surface area contributed by atoms with Gasteiger partial charge in [0.25, 0.3) is 0 Å². The molecule has 0 spiro atoms. The summed E-state index contributed by atoms with van der Waals surface area (Å²) in [5.74, 6) is 2.99. The molecule has 0 unspecified atom stereocenters. The average molecular weight is 300 g/mol. The SMILES string of the molecule is C#CCOCC1CCN(C(=O)NCCc2ccccc2)CC1. The van der Waals surface area contributed by atoms with Crippen LogP contribution < -0.4 is 5.32 Å². The predicted molar refractivity (Wildman–Crippen MR) is 87.5 cm³/mol. The number of terminal acetylenes is 1. The molecule has 0 saturated carbocycles. The highest BCUT2D eigenvalue weighted by Gasteiger charge is 2.22. The Balaban J connectivity index is 1.62. The van der Waals surface area contributed by atoms with E-state index in [1.165, 1.54) is 5.56 Å². The maximum absolute atomic E-state index is 12.1. The number of benzene rings is 1. The summed E-state index contributed by atoms with van der Waals surface area (Å²) in [4.78, 5) is 14.0. The van der Waals surface area contributed by atoms with Crippen molar-refractivity contribution in [3.63, 3.8) is 0 Å². The highest BCUT2D eigenvalue weighted by atomic mass is 16.5. The number of amides is 2. The number of likely N-dealkylation sites (tertiary alicyclic amines) is 1. The summed E-state index contributed by atoms with van der Waals surface area (Å²) in [5.41, 5.74) is 1.24. The Morgan fingerprint density at radius 1 is 1.32 bits per heavy atom. The minimum atomic E-state index is 0.0407. The molecule has 4 nitrogen and oxygen atoms in total. The Labute approximate surface area is 132 Å². The van der Waals surface area contributed by atoms with E-state index in [4.69, 9.17) is 11.2 Å². The quantitative estimate of drug-likeness (QED) is 0.647. The highest BCUT2D eigenvalue weighted by molar-refractivity contribution is 5.74. The first-order valence-corrected chi connectivity index (χ1v) is 7.87. The van der Waals surface area contributed by atoms with Crippen LogP contribution >= 0.6 is 0 Å². The smallest absolute Gasteiger partial charge is 0.317 e. The molecule has 0 bridgehead atoms. The van der Waals surface area contributed by atoms with Crippen LogP contribution in [0.15, 0.2) is 30.3 Å². The second-order valence-electron chi connectivity index (χ2n) is 5.62. The van der Waals surface area contributed by atoms with Crippen LogP contribution in [0.2, 0.25) is 0 Å². The van der Waals surface area contributed by atoms with Crippen molar-refractivity contribution in [3.8, 4) is 12.3 Å². The molecule has 1 aliphatic heterocycles. The van der Waals surface area contributed by atoms with Gasteiger partial charge in [0.1, 0.15) is 6.61 Å². The van der Waals surface area contributed by atoms with Gasteiger partial charge in [-0.1, -0.05) is 36.3 Å². The zero-order valence-electron chi connectivity index (χ0n) is 13.0. The summed E-state index contributed by atoms with van der Waals surface area (Å²) in [6, 6.07) is 10.2. The Hall–Kier alpha value is -1.99. The predicted octanol–water partition coefficient (Wildman–Crippen LogP) is 2.30. The molecule has 1 heterocycles. The maximum atomic E-state index is 12.1. The molecule has 1 aromatic rings. The van der Waals surface area contributed by atoms with Crippen molar-refractivity contribution >= 4 is 6.03 Å². The van der Waals surface area contributed by atoms with Crippen LogP contribution in [0.5, 0.6) is 0 Å². The van der Waals surface area contributed by atoms with Crippen LogP contribution in [0.3, 0.4) is 0 Å². The third kappa shape index (κ3) is 5.42. The second-order valence-corrected chi connectivity index (χ2v) is 5.62. The van der Waals surface area contributed by atoms with E-state index in [0.717, 1.165) is 32.4 Å². The Morgan fingerprint density at radius 2 is 2.05 bits per heavy atom. The van der Waals surface area contributed by atoms with Crippen molar-refractivity contribution in [2.75, 3.05) is 32.8 Å². The molecular weight excluding hydrogens is 276 g/mol. The minimum absolute atomic E-state index is 0.0407. The van der Waals surface area contributed by atoms with Gasteiger partial charge in [-0.15, -0.1) is 6.42 Å². The second kappa shape index (κ2) is 9.11. The van der Waals surface area contributed by atoms with Gasteiger partial charge in [-0.3, -0.25) is 0 Å². The fourth-order valence-electron chi connectivity index (χ4n) is 2.66. The molecular formula is C18H24N2O2. The molecule has 0 aliphatic carbocycles. The summed E-state index contributed by atoms with van der Waals surface area (Å²) in [6.07, 6.45) is 7.99. The molecule has 1 N–H and O–H groups in total. The number of rotatable bonds is 6. The first-order valence-electron chi connectivity index (χ1n) is 7.87. The van der Waals surface area contributed by atoms with Gasteiger partial charge in [-0.2, -0.15) is 0 Å². The van der Waals surface area contributed by atoms with Crippen molar-refractivity contribution in [2.45, 2.75) is 19.3 Å². The largest absolute Gasteiger partial charge is 0.369 e. The normalized spacial score (nSPS) is 15.3. The number of ether oxygens (including phenoxy) is 1. The lowest BCUT2D eigenvalue weighted by atomic mass is 9.98. The minimum Gasteiger partial charge on any atom is -0.369 e. The molecule has 1 saturated heterocycles. The van der Waals surface area contributed by atoms with Crippen LogP contribution in [0.4, 0.5) is 4.79 Å². The first kappa shape index (κ1) is 16.4. The Bertz CT molecular complexity index is 488. The van der Waals surface area contributed by atoms with Gasteiger partial charge in [-0.25, -0.2) is 4.79 Å². The van der Waals surface area contributed by atoms with Crippen molar-refractivity contribution in [3.05, 3.63) is 35.9 Å². The summed E-state index contributed by atoms with van der Waals surface area (Å²) in [5, 5.41) is 3.00. The molecule has 1 aliphatic rings. The van der Waals surface area contributed by atoms with E-state index in [1.54, 1.807) is 0 Å². The molecule has 118 valence electrons. The van der Waals surface area contributed by atoms with Crippen molar-refractivity contribution in [1.29, 1.82) is 0 Å². The number of hydrogen-bond donors (Lipinski definition) is 1. The molecule has 0 aromatic heterocycles. The molecule has 22 heavy (non-hydrogen) atoms. The summed E-state index contributed by atoms with van der Waals surface area (Å²) < 4.78 is 5.38. The van der Waals surface area contributed by atoms with Crippen LogP contribution in [0, 0.1) is 18.3 Å². The fourth-order valence-corrected chi connectivity index (χ4v) is 2.66. The number of carbonyl (C=O) groups is 1. The molecule has 0 atom stereocenters. The maximum Gasteiger partial charge on any atom is 0.317 e. The van der Waals surface area contributed by atoms with Gasteiger partial charge >= 0.3 is 6.03 Å². The zero-order valence-corrected chi connectivity index (χ0v) is 13.0. The Kier molecular flexibility index (Phi) is 6.79. The lowest BCUT2D eigenvalue weighted by Gasteiger charge is -2.31. The van der Waals surface area contributed by atoms with Crippen molar-refractivity contribution in [2.24, 2.45) is 5.92 Å². The topological polar surface area (TPSA) is 41.6 Å². The van der Waals surface area contributed by atoms with Gasteiger partial charge in [0, 0.05) is 19.6 Å². The standard InChI is InChI=1S/C18H24N2O2/c1-2-14-22-15-17-9-12-20(13-10-17)18(21)19-11-8-16-6-4-3-5-7-16/h1,3-7,17H,8-15H2,(H,19,21). The average Bonchev–Trinajstić information content (AvgIpc) is 2.56. The number of hydrogen-bond acceptors (Lipinski definition) is 2. The molecule has 2 amide bonds. The molecule has 4 heteroatoms. The summed E-state index contributed by atoms with van der Waals surface area (Å²) in [6.45, 7) is 3.34. The number of piperidine rings is 1. The fraction of sp³-hybridized carbons (Fsp3) is 0.500. The van der Waals surface area contributed by atoms with E-state index in [2.05, 4.69) is 23.4 Å². The number of carbonyl (C=O) groups excluding carboxylic acids is 1. The zero-order chi connectivity index (χ0) is 15.6. The van der Waals surface area contributed by atoms with Gasteiger partial charge in [0.2, 0.25) is 0 Å². The van der Waals surface area contributed by atoms with Crippen LogP contribution in [-0.4, -0.2) is 43.8 Å². The number of nitrogens with one attached hydrogen (secondary N) is 1. The van der Waals surface area contributed by atoms with Gasteiger partial charge in [0.15, 0.2) is 0 Å². The van der Waals surface area contributed by atoms with E-state index in [-0.39, 0.29) is 6.03 Å². The lowest BCUT2D eigenvalue weighted by molar-refractivity contribution is 0.0912. The Morgan fingerprint density at radius 3 is 2.73 bits per heavy atom. The van der Waals surface area contributed by atoms with E-state index in [1.807, 2.05) is 23.1 Å². The molecule has 2 rings (SSSR count). The van der Waals surface area contributed by atoms with E-state index >= 15 is 0 Å². The lowest BCUT2D eigenvalue weighted by Crippen LogP contribution is -2.45. The van der Waals surface area contributed by atoms with Crippen LogP contribution in [0.25, 0.3) is 0 Å². The van der Waals surface area contributed by atoms with Crippen LogP contribution in [0.1, 0.15) is 18.4 Å². The van der Waals surface area contributed by atoms with Gasteiger partial charge < -0.3 is 15.0 Å². The summed E-state index contributed by atoms with van der Waals surface area (Å²) >= 11 is 0. The van der Waals surface area contributed by atoms with Crippen molar-refractivity contribution < 1.29 is 9.53 Å². The molecule has 0 radical (unpaired) electrons. The number of nitrogens with zero attached hydrogens (tertiary/aromatic N) is 1. The first-order chi connectivity index (χ1) is 10.8. The van der Waals surface area contributed by atoms with Gasteiger partial charge in [0.05, 0.1) is 6.61 Å². The van der Waals surface area contributed by atoms with Crippen LogP contribution in [-0.2, 0) is 11.2 Å². The van der Waals surface area contributed by atoms with Crippen molar-refractivity contribution in [1.82, 2.24) is 10.2 Å². The van der Waals surface area contributed by atoms with E-state index in [9.17, 15) is 4.79 Å². The van der Waals surface area contributed by atoms with E-state index < -0.39 is 0 Å². The third-order valence-corrected chi connectivity index (χ3v) is 3.97. The van der Waals surface area contributed by atoms with E-state index in [0.29, 0.717) is 25.7 Å². The highest BCUT2D eigenvalue weighted by Crippen LogP contribution is 2.17. The molecule has 1 fully saturated rings. The molecule has 1 aromatic carbocycles. The summed E-state index contributed by atoms with van der Waals surface area (Å²) in [7, 11) is 0. The monoisotopic (exact) mass is 300 g/mol. The number of urea groups is 1.